The first-order valence-corrected chi connectivity index (χ1v) is 5.99. The summed E-state index contributed by atoms with van der Waals surface area (Å²) in [5, 5.41) is 10.8. The average molecular weight is 274 g/mol. The van der Waals surface area contributed by atoms with Gasteiger partial charge in [0.05, 0.1) is 18.6 Å². The fourth-order valence-electron chi connectivity index (χ4n) is 1.92. The lowest BCUT2D eigenvalue weighted by Gasteiger charge is -2.10. The molecule has 0 unspecified atom stereocenters. The third-order valence-corrected chi connectivity index (χ3v) is 2.97. The van der Waals surface area contributed by atoms with E-state index < -0.39 is 4.92 Å². The molecular weight excluding hydrogens is 260 g/mol. The summed E-state index contributed by atoms with van der Waals surface area (Å²) in [6.07, 6.45) is 1.66. The molecule has 0 aliphatic rings. The molecule has 0 spiro atoms. The van der Waals surface area contributed by atoms with Gasteiger partial charge in [0.25, 0.3) is 11.2 Å². The van der Waals surface area contributed by atoms with Crippen LogP contribution in [0, 0.1) is 17.0 Å². The highest BCUT2D eigenvalue weighted by atomic mass is 16.6. The molecule has 0 radical (unpaired) electrons. The van der Waals surface area contributed by atoms with Crippen LogP contribution in [0.4, 0.5) is 5.69 Å². The van der Waals surface area contributed by atoms with Crippen LogP contribution >= 0.6 is 0 Å². The van der Waals surface area contributed by atoms with Gasteiger partial charge in [-0.15, -0.1) is 0 Å². The maximum absolute atomic E-state index is 11.9. The molecule has 0 saturated carbocycles. The van der Waals surface area contributed by atoms with Gasteiger partial charge in [0.15, 0.2) is 0 Å². The number of rotatable bonds is 4. The van der Waals surface area contributed by atoms with Crippen molar-refractivity contribution in [2.24, 2.45) is 0 Å². The highest BCUT2D eigenvalue weighted by molar-refractivity contribution is 5.44. The van der Waals surface area contributed by atoms with Gasteiger partial charge in [-0.25, -0.2) is 0 Å². The third kappa shape index (κ3) is 2.85. The highest BCUT2D eigenvalue weighted by Crippen LogP contribution is 2.24. The summed E-state index contributed by atoms with van der Waals surface area (Å²) in [7, 11) is 1.49. The standard InChI is InChI=1S/C14H14N2O4/c1-10-5-6-15(14(17)7-10)9-11-8-12(16(18)19)3-4-13(11)20-2/h3-8H,9H2,1-2H3. The molecule has 0 aliphatic carbocycles. The molecule has 1 aromatic carbocycles. The molecule has 0 bridgehead atoms. The molecule has 0 saturated heterocycles. The Kier molecular flexibility index (Phi) is 3.84. The van der Waals surface area contributed by atoms with Crippen LogP contribution in [0.1, 0.15) is 11.1 Å². The summed E-state index contributed by atoms with van der Waals surface area (Å²) in [5.74, 6) is 0.517. The third-order valence-electron chi connectivity index (χ3n) is 2.97. The Balaban J connectivity index is 2.43. The van der Waals surface area contributed by atoms with Gasteiger partial charge >= 0.3 is 0 Å². The van der Waals surface area contributed by atoms with E-state index in [2.05, 4.69) is 0 Å². The number of nitrogens with zero attached hydrogens (tertiary/aromatic N) is 2. The Labute approximate surface area is 115 Å². The summed E-state index contributed by atoms with van der Waals surface area (Å²) in [6, 6.07) is 7.66. The van der Waals surface area contributed by atoms with Crippen molar-refractivity contribution in [1.29, 1.82) is 0 Å². The minimum atomic E-state index is -0.471. The van der Waals surface area contributed by atoms with Crippen molar-refractivity contribution in [3.63, 3.8) is 0 Å². The zero-order valence-electron chi connectivity index (χ0n) is 11.2. The van der Waals surface area contributed by atoms with Crippen molar-refractivity contribution >= 4 is 5.69 Å². The topological polar surface area (TPSA) is 74.4 Å². The lowest BCUT2D eigenvalue weighted by atomic mass is 10.1. The molecule has 0 amide bonds. The number of methoxy groups -OCH3 is 1. The van der Waals surface area contributed by atoms with Crippen molar-refractivity contribution in [1.82, 2.24) is 4.57 Å². The highest BCUT2D eigenvalue weighted by Gasteiger charge is 2.12. The molecule has 0 N–H and O–H groups in total. The Morgan fingerprint density at radius 1 is 1.30 bits per heavy atom. The van der Waals surface area contributed by atoms with Crippen LogP contribution in [-0.2, 0) is 6.54 Å². The maximum Gasteiger partial charge on any atom is 0.270 e. The molecule has 2 rings (SSSR count). The van der Waals surface area contributed by atoms with E-state index in [1.165, 1.54) is 35.9 Å². The van der Waals surface area contributed by atoms with Gasteiger partial charge in [0.2, 0.25) is 0 Å². The number of nitro benzene ring substituents is 1. The predicted molar refractivity (Wildman–Crippen MR) is 74.2 cm³/mol. The number of aryl methyl sites for hydroxylation is 1. The van der Waals surface area contributed by atoms with Crippen LogP contribution in [0.15, 0.2) is 41.3 Å². The number of non-ortho nitro benzene ring substituents is 1. The van der Waals surface area contributed by atoms with E-state index in [1.54, 1.807) is 6.20 Å². The summed E-state index contributed by atoms with van der Waals surface area (Å²) < 4.78 is 6.66. The summed E-state index contributed by atoms with van der Waals surface area (Å²) in [4.78, 5) is 22.2. The maximum atomic E-state index is 11.9. The van der Waals surface area contributed by atoms with Crippen molar-refractivity contribution in [3.05, 3.63) is 68.1 Å². The van der Waals surface area contributed by atoms with Crippen LogP contribution < -0.4 is 10.3 Å². The molecule has 104 valence electrons. The van der Waals surface area contributed by atoms with E-state index in [9.17, 15) is 14.9 Å². The van der Waals surface area contributed by atoms with E-state index >= 15 is 0 Å². The summed E-state index contributed by atoms with van der Waals surface area (Å²) >= 11 is 0. The van der Waals surface area contributed by atoms with E-state index in [0.717, 1.165) is 5.56 Å². The first kappa shape index (κ1) is 13.8. The molecule has 0 fully saturated rings. The Bertz CT molecular complexity index is 707. The normalized spacial score (nSPS) is 10.3. The van der Waals surface area contributed by atoms with Crippen molar-refractivity contribution in [2.75, 3.05) is 7.11 Å². The van der Waals surface area contributed by atoms with Crippen molar-refractivity contribution < 1.29 is 9.66 Å². The van der Waals surface area contributed by atoms with Crippen LogP contribution in [0.2, 0.25) is 0 Å². The van der Waals surface area contributed by atoms with Crippen LogP contribution in [0.3, 0.4) is 0 Å². The Hall–Kier alpha value is -2.63. The molecule has 6 heteroatoms. The SMILES string of the molecule is COc1ccc([N+](=O)[O-])cc1Cn1ccc(C)cc1=O. The Morgan fingerprint density at radius 2 is 2.05 bits per heavy atom. The average Bonchev–Trinajstić information content (AvgIpc) is 2.41. The van der Waals surface area contributed by atoms with E-state index in [0.29, 0.717) is 11.3 Å². The molecule has 0 atom stereocenters. The predicted octanol–water partition coefficient (Wildman–Crippen LogP) is 2.12. The second-order valence-corrected chi connectivity index (χ2v) is 4.42. The lowest BCUT2D eigenvalue weighted by molar-refractivity contribution is -0.384. The van der Waals surface area contributed by atoms with Gasteiger partial charge in [0, 0.05) is 30.0 Å². The van der Waals surface area contributed by atoms with Crippen LogP contribution in [0.25, 0.3) is 0 Å². The van der Waals surface area contributed by atoms with Crippen molar-refractivity contribution in [3.8, 4) is 5.75 Å². The fourth-order valence-corrected chi connectivity index (χ4v) is 1.92. The zero-order valence-corrected chi connectivity index (χ0v) is 11.2. The van der Waals surface area contributed by atoms with Crippen LogP contribution in [-0.4, -0.2) is 16.6 Å². The van der Waals surface area contributed by atoms with E-state index in [4.69, 9.17) is 4.74 Å². The number of pyridine rings is 1. The number of hydrogen-bond acceptors (Lipinski definition) is 4. The number of aromatic nitrogens is 1. The van der Waals surface area contributed by atoms with Gasteiger partial charge in [-0.3, -0.25) is 14.9 Å². The molecule has 2 aromatic rings. The lowest BCUT2D eigenvalue weighted by Crippen LogP contribution is -2.19. The minimum absolute atomic E-state index is 0.0269. The first-order valence-electron chi connectivity index (χ1n) is 5.99. The van der Waals surface area contributed by atoms with Gasteiger partial charge in [-0.1, -0.05) is 0 Å². The van der Waals surface area contributed by atoms with Gasteiger partial charge in [-0.05, 0) is 24.6 Å². The van der Waals surface area contributed by atoms with Gasteiger partial charge in [-0.2, -0.15) is 0 Å². The molecule has 1 aromatic heterocycles. The zero-order chi connectivity index (χ0) is 14.7. The van der Waals surface area contributed by atoms with Crippen LogP contribution in [0.5, 0.6) is 5.75 Å². The largest absolute Gasteiger partial charge is 0.496 e. The Morgan fingerprint density at radius 3 is 2.65 bits per heavy atom. The molecular formula is C14H14N2O4. The molecule has 6 nitrogen and oxygen atoms in total. The number of hydrogen-bond donors (Lipinski definition) is 0. The fraction of sp³-hybridized carbons (Fsp3) is 0.214. The second-order valence-electron chi connectivity index (χ2n) is 4.42. The van der Waals surface area contributed by atoms with Crippen molar-refractivity contribution in [2.45, 2.75) is 13.5 Å². The summed E-state index contributed by atoms with van der Waals surface area (Å²) in [6.45, 7) is 2.06. The van der Waals surface area contributed by atoms with E-state index in [-0.39, 0.29) is 17.8 Å². The van der Waals surface area contributed by atoms with Gasteiger partial charge < -0.3 is 9.30 Å². The molecule has 0 aliphatic heterocycles. The first-order chi connectivity index (χ1) is 9.51. The van der Waals surface area contributed by atoms with Gasteiger partial charge in [0.1, 0.15) is 5.75 Å². The number of ether oxygens (including phenoxy) is 1. The number of nitro groups is 1. The quantitative estimate of drug-likeness (QED) is 0.632. The second kappa shape index (κ2) is 5.56. The monoisotopic (exact) mass is 274 g/mol. The van der Waals surface area contributed by atoms with E-state index in [1.807, 2.05) is 13.0 Å². The summed E-state index contributed by atoms with van der Waals surface area (Å²) in [5.41, 5.74) is 1.28. The minimum Gasteiger partial charge on any atom is -0.496 e. The molecule has 1 heterocycles. The smallest absolute Gasteiger partial charge is 0.270 e. The number of benzene rings is 1. The molecule has 20 heavy (non-hydrogen) atoms.